The van der Waals surface area contributed by atoms with Crippen molar-refractivity contribution in [1.29, 1.82) is 0 Å². The van der Waals surface area contributed by atoms with E-state index >= 15 is 4.39 Å². The van der Waals surface area contributed by atoms with Gasteiger partial charge in [-0.2, -0.15) is 0 Å². The molecule has 4 aliphatic rings. The number of alkyl halides is 1. The van der Waals surface area contributed by atoms with Crippen LogP contribution in [0, 0.1) is 11.8 Å². The lowest BCUT2D eigenvalue weighted by Crippen LogP contribution is -2.45. The number of ether oxygens (including phenoxy) is 1. The van der Waals surface area contributed by atoms with Crippen LogP contribution in [0.2, 0.25) is 0 Å². The minimum atomic E-state index is -1.72. The van der Waals surface area contributed by atoms with Crippen molar-refractivity contribution in [2.75, 3.05) is 29.5 Å². The van der Waals surface area contributed by atoms with Crippen LogP contribution in [-0.4, -0.2) is 65.2 Å². The van der Waals surface area contributed by atoms with Crippen molar-refractivity contribution in [1.82, 2.24) is 4.90 Å². The number of aliphatic hydroxyl groups excluding tert-OH is 1. The van der Waals surface area contributed by atoms with Crippen molar-refractivity contribution >= 4 is 29.1 Å². The van der Waals surface area contributed by atoms with Gasteiger partial charge in [0, 0.05) is 42.6 Å². The number of para-hydroxylation sites is 1. The van der Waals surface area contributed by atoms with Crippen LogP contribution in [0.5, 0.6) is 0 Å². The predicted molar refractivity (Wildman–Crippen MR) is 161 cm³/mol. The van der Waals surface area contributed by atoms with Gasteiger partial charge in [0.1, 0.15) is 5.67 Å². The first-order chi connectivity index (χ1) is 20.6. The Bertz CT molecular complexity index is 1410. The molecule has 0 radical (unpaired) electrons. The second kappa shape index (κ2) is 11.3. The van der Waals surface area contributed by atoms with Gasteiger partial charge in [0.05, 0.1) is 37.4 Å². The molecule has 2 aromatic rings. The monoisotopic (exact) mass is 591 g/mol. The number of halogens is 1. The molecule has 3 amide bonds. The number of benzene rings is 2. The second-order valence-corrected chi connectivity index (χ2v) is 13.1. The fourth-order valence-corrected chi connectivity index (χ4v) is 8.09. The van der Waals surface area contributed by atoms with Crippen LogP contribution in [0.4, 0.5) is 15.8 Å². The van der Waals surface area contributed by atoms with Gasteiger partial charge in [0.15, 0.2) is 5.60 Å². The van der Waals surface area contributed by atoms with Crippen LogP contribution in [-0.2, 0) is 31.3 Å². The number of carbonyl (C=O) groups is 3. The van der Waals surface area contributed by atoms with Crippen LogP contribution in [0.3, 0.4) is 0 Å². The van der Waals surface area contributed by atoms with Gasteiger partial charge in [-0.1, -0.05) is 37.3 Å². The van der Waals surface area contributed by atoms with E-state index in [9.17, 15) is 19.5 Å². The van der Waals surface area contributed by atoms with Gasteiger partial charge in [0.25, 0.3) is 5.91 Å². The molecule has 3 saturated heterocycles. The number of hydrogen-bond donors (Lipinski definition) is 1. The first-order valence-electron chi connectivity index (χ1n) is 15.6. The minimum absolute atomic E-state index is 0.0536. The van der Waals surface area contributed by atoms with E-state index in [-0.39, 0.29) is 43.3 Å². The molecule has 2 aromatic carbocycles. The molecule has 0 aliphatic carbocycles. The number of anilines is 2. The molecule has 1 spiro atoms. The highest BCUT2D eigenvalue weighted by Crippen LogP contribution is 2.58. The zero-order chi connectivity index (χ0) is 30.5. The molecule has 6 rings (SSSR count). The quantitative estimate of drug-likeness (QED) is 0.504. The maximum atomic E-state index is 16.0. The fraction of sp³-hybridized carbons (Fsp3) is 0.559. The molecule has 43 heavy (non-hydrogen) atoms. The predicted octanol–water partition coefficient (Wildman–Crippen LogP) is 4.72. The summed E-state index contributed by atoms with van der Waals surface area (Å²) in [6.07, 6.45) is 3.08. The van der Waals surface area contributed by atoms with Crippen LogP contribution in [0.1, 0.15) is 70.4 Å². The first kappa shape index (κ1) is 29.8. The summed E-state index contributed by atoms with van der Waals surface area (Å²) in [6.45, 7) is 6.25. The Labute approximate surface area is 252 Å². The second-order valence-electron chi connectivity index (χ2n) is 13.1. The lowest BCUT2D eigenvalue weighted by Gasteiger charge is -2.33. The number of fused-ring (bicyclic) bond motifs is 2. The third kappa shape index (κ3) is 5.04. The van der Waals surface area contributed by atoms with Gasteiger partial charge in [-0.15, -0.1) is 0 Å². The summed E-state index contributed by atoms with van der Waals surface area (Å²) in [4.78, 5) is 45.8. The van der Waals surface area contributed by atoms with E-state index in [2.05, 4.69) is 0 Å². The molecule has 0 bridgehead atoms. The highest BCUT2D eigenvalue weighted by atomic mass is 19.1. The Kier molecular flexibility index (Phi) is 7.84. The van der Waals surface area contributed by atoms with Gasteiger partial charge in [-0.3, -0.25) is 14.4 Å². The molecule has 4 heterocycles. The van der Waals surface area contributed by atoms with E-state index in [1.165, 1.54) is 13.8 Å². The van der Waals surface area contributed by atoms with Crippen LogP contribution in [0.15, 0.2) is 48.5 Å². The molecule has 230 valence electrons. The molecule has 5 atom stereocenters. The Morgan fingerprint density at radius 3 is 2.63 bits per heavy atom. The number of aliphatic hydroxyl groups is 1. The summed E-state index contributed by atoms with van der Waals surface area (Å²) in [5, 5.41) is 9.78. The van der Waals surface area contributed by atoms with Crippen molar-refractivity contribution in [2.45, 2.75) is 89.3 Å². The normalized spacial score (nSPS) is 29.2. The minimum Gasteiger partial charge on any atom is -0.394 e. The van der Waals surface area contributed by atoms with Crippen molar-refractivity contribution in [3.63, 3.8) is 0 Å². The maximum absolute atomic E-state index is 16.0. The first-order valence-corrected chi connectivity index (χ1v) is 15.6. The zero-order valence-electron chi connectivity index (χ0n) is 25.3. The number of rotatable bonds is 7. The van der Waals surface area contributed by atoms with Gasteiger partial charge in [-0.25, -0.2) is 4.39 Å². The topological polar surface area (TPSA) is 90.4 Å². The number of hydrogen-bond acceptors (Lipinski definition) is 5. The average molecular weight is 592 g/mol. The van der Waals surface area contributed by atoms with E-state index < -0.39 is 29.2 Å². The Hall–Kier alpha value is -3.30. The maximum Gasteiger partial charge on any atom is 0.264 e. The zero-order valence-corrected chi connectivity index (χ0v) is 25.3. The van der Waals surface area contributed by atoms with Crippen molar-refractivity contribution in [3.8, 4) is 0 Å². The Balaban J connectivity index is 1.32. The van der Waals surface area contributed by atoms with E-state index in [1.807, 2.05) is 60.4 Å². The van der Waals surface area contributed by atoms with Crippen molar-refractivity contribution < 1.29 is 28.6 Å². The molecule has 0 aromatic heterocycles. The number of likely N-dealkylation sites (tertiary alicyclic amines) is 1. The summed E-state index contributed by atoms with van der Waals surface area (Å²) < 4.78 is 22.7. The third-order valence-corrected chi connectivity index (χ3v) is 10.0. The van der Waals surface area contributed by atoms with E-state index in [0.29, 0.717) is 30.8 Å². The summed E-state index contributed by atoms with van der Waals surface area (Å²) in [6, 6.07) is 15.0. The van der Waals surface area contributed by atoms with E-state index in [4.69, 9.17) is 4.74 Å². The largest absolute Gasteiger partial charge is 0.394 e. The number of nitrogens with zero attached hydrogens (tertiary/aromatic N) is 3. The SMILES string of the molecule is C[C@@H]1[C@@H](C(C)(C)F)[C@H](CC(=O)N2CCC[C@H]2CO)O[C@@]12C(=O)N(Cc1cccc(N3CCCCC3=O)c1)c1ccccc12. The lowest BCUT2D eigenvalue weighted by molar-refractivity contribution is -0.150. The molecule has 9 heteroatoms. The average Bonchev–Trinajstić information content (AvgIpc) is 3.64. The Morgan fingerprint density at radius 2 is 1.88 bits per heavy atom. The van der Waals surface area contributed by atoms with Gasteiger partial charge in [0.2, 0.25) is 11.8 Å². The van der Waals surface area contributed by atoms with Gasteiger partial charge >= 0.3 is 0 Å². The molecule has 4 aliphatic heterocycles. The molecule has 1 N–H and O–H groups in total. The lowest BCUT2D eigenvalue weighted by atomic mass is 9.71. The molecule has 0 unspecified atom stereocenters. The summed E-state index contributed by atoms with van der Waals surface area (Å²) in [7, 11) is 0. The molecule has 3 fully saturated rings. The third-order valence-electron chi connectivity index (χ3n) is 10.0. The van der Waals surface area contributed by atoms with E-state index in [1.54, 1.807) is 9.80 Å². The van der Waals surface area contributed by atoms with Crippen molar-refractivity contribution in [2.24, 2.45) is 11.8 Å². The van der Waals surface area contributed by atoms with Crippen LogP contribution >= 0.6 is 0 Å². The smallest absolute Gasteiger partial charge is 0.264 e. The van der Waals surface area contributed by atoms with Crippen molar-refractivity contribution in [3.05, 3.63) is 59.7 Å². The molecule has 0 saturated carbocycles. The summed E-state index contributed by atoms with van der Waals surface area (Å²) in [5.41, 5.74) is -0.0531. The molecular formula is C34H42FN3O5. The summed E-state index contributed by atoms with van der Waals surface area (Å²) in [5.74, 6) is -1.60. The van der Waals surface area contributed by atoms with Gasteiger partial charge in [-0.05, 0) is 63.3 Å². The number of carbonyl (C=O) groups excluding carboxylic acids is 3. The van der Waals surface area contributed by atoms with Crippen LogP contribution in [0.25, 0.3) is 0 Å². The Morgan fingerprint density at radius 1 is 1.09 bits per heavy atom. The van der Waals surface area contributed by atoms with Crippen LogP contribution < -0.4 is 9.80 Å². The highest BCUT2D eigenvalue weighted by molar-refractivity contribution is 6.07. The summed E-state index contributed by atoms with van der Waals surface area (Å²) >= 11 is 0. The number of piperidine rings is 1. The fourth-order valence-electron chi connectivity index (χ4n) is 8.09. The number of amides is 3. The van der Waals surface area contributed by atoms with E-state index in [0.717, 1.165) is 36.9 Å². The highest BCUT2D eigenvalue weighted by Gasteiger charge is 2.66. The van der Waals surface area contributed by atoms with Gasteiger partial charge < -0.3 is 24.5 Å². The molecule has 8 nitrogen and oxygen atoms in total. The molecular weight excluding hydrogens is 549 g/mol. The standard InChI is InChI=1S/C34H42FN3O5/c1-22-31(33(2,3)35)28(19-30(41)37-17-9-12-25(37)21-39)43-34(22)26-13-4-5-14-27(26)38(32(34)42)20-23-10-8-11-24(18-23)36-16-7-6-15-29(36)40/h4-5,8,10-11,13-14,18,22,25,28,31,39H,6-7,9,12,15-17,19-21H2,1-3H3/t22-,25+,28+,31-,34+/m1/s1.